The number of ether oxygens (including phenoxy) is 1. The molecule has 3 aromatic rings. The van der Waals surface area contributed by atoms with Crippen LogP contribution in [0, 0.1) is 0 Å². The van der Waals surface area contributed by atoms with Crippen LogP contribution in [0.3, 0.4) is 0 Å². The molecular formula is C22H27N5O3S. The summed E-state index contributed by atoms with van der Waals surface area (Å²) in [5.74, 6) is 1.43. The first kappa shape index (κ1) is 21.3. The lowest BCUT2D eigenvalue weighted by molar-refractivity contribution is 0.340. The van der Waals surface area contributed by atoms with Gasteiger partial charge in [-0.25, -0.2) is 18.4 Å². The van der Waals surface area contributed by atoms with Crippen LogP contribution in [0.1, 0.15) is 13.3 Å². The zero-order valence-corrected chi connectivity index (χ0v) is 18.6. The first-order valence-electron chi connectivity index (χ1n) is 10.4. The normalized spacial score (nSPS) is 15.6. The third-order valence-corrected chi connectivity index (χ3v) is 6.60. The summed E-state index contributed by atoms with van der Waals surface area (Å²) < 4.78 is 34.3. The molecule has 1 fully saturated rings. The smallest absolute Gasteiger partial charge is 0.263 e. The number of benzene rings is 2. The summed E-state index contributed by atoms with van der Waals surface area (Å²) in [5.41, 5.74) is 1.38. The predicted octanol–water partition coefficient (Wildman–Crippen LogP) is 2.97. The number of anilines is 2. The van der Waals surface area contributed by atoms with Crippen molar-refractivity contribution in [1.82, 2.24) is 14.9 Å². The van der Waals surface area contributed by atoms with Crippen molar-refractivity contribution < 1.29 is 13.2 Å². The van der Waals surface area contributed by atoms with Gasteiger partial charge < -0.3 is 14.5 Å². The summed E-state index contributed by atoms with van der Waals surface area (Å²) in [6.07, 6.45) is 0.968. The minimum Gasteiger partial charge on any atom is -0.494 e. The minimum atomic E-state index is -3.84. The van der Waals surface area contributed by atoms with E-state index < -0.39 is 10.0 Å². The molecule has 1 saturated heterocycles. The molecule has 0 radical (unpaired) electrons. The van der Waals surface area contributed by atoms with E-state index in [-0.39, 0.29) is 10.7 Å². The van der Waals surface area contributed by atoms with Gasteiger partial charge in [-0.1, -0.05) is 12.1 Å². The van der Waals surface area contributed by atoms with Crippen molar-refractivity contribution in [1.29, 1.82) is 0 Å². The maximum atomic E-state index is 13.1. The molecule has 0 bridgehead atoms. The van der Waals surface area contributed by atoms with Gasteiger partial charge in [0.05, 0.1) is 22.5 Å². The molecule has 0 amide bonds. The topological polar surface area (TPSA) is 87.7 Å². The van der Waals surface area contributed by atoms with Gasteiger partial charge in [0.15, 0.2) is 11.6 Å². The van der Waals surface area contributed by atoms with Crippen LogP contribution in [0.2, 0.25) is 0 Å². The Balaban J connectivity index is 1.71. The fourth-order valence-corrected chi connectivity index (χ4v) is 4.61. The molecule has 0 saturated carbocycles. The Labute approximate surface area is 182 Å². The summed E-state index contributed by atoms with van der Waals surface area (Å²) in [6, 6.07) is 13.8. The van der Waals surface area contributed by atoms with Crippen LogP contribution in [0.5, 0.6) is 5.75 Å². The molecule has 4 rings (SSSR count). The van der Waals surface area contributed by atoms with Crippen molar-refractivity contribution in [2.45, 2.75) is 18.2 Å². The van der Waals surface area contributed by atoms with E-state index in [2.05, 4.69) is 26.6 Å². The highest BCUT2D eigenvalue weighted by atomic mass is 32.2. The second kappa shape index (κ2) is 9.07. The van der Waals surface area contributed by atoms with Gasteiger partial charge in [0.1, 0.15) is 5.75 Å². The van der Waals surface area contributed by atoms with Crippen LogP contribution in [-0.2, 0) is 10.0 Å². The molecular weight excluding hydrogens is 414 g/mol. The molecule has 1 aromatic heterocycles. The van der Waals surface area contributed by atoms with E-state index in [9.17, 15) is 8.42 Å². The molecule has 0 spiro atoms. The number of likely N-dealkylation sites (N-methyl/N-ethyl adjacent to an activating group) is 1. The van der Waals surface area contributed by atoms with Crippen LogP contribution in [-0.4, -0.2) is 63.1 Å². The number of nitrogens with one attached hydrogen (secondary N) is 1. The van der Waals surface area contributed by atoms with E-state index in [1.54, 1.807) is 12.1 Å². The van der Waals surface area contributed by atoms with E-state index in [4.69, 9.17) is 9.72 Å². The second-order valence-electron chi connectivity index (χ2n) is 7.54. The lowest BCUT2D eigenvalue weighted by Gasteiger charge is -2.24. The molecule has 0 unspecified atom stereocenters. The Hall–Kier alpha value is -2.91. The summed E-state index contributed by atoms with van der Waals surface area (Å²) in [4.78, 5) is 13.9. The summed E-state index contributed by atoms with van der Waals surface area (Å²) in [6.45, 7) is 5.80. The number of para-hydroxylation sites is 2. The number of sulfonamides is 1. The maximum Gasteiger partial charge on any atom is 0.263 e. The Bertz CT molecular complexity index is 1150. The summed E-state index contributed by atoms with van der Waals surface area (Å²) in [7, 11) is -1.75. The number of hydrogen-bond donors (Lipinski definition) is 1. The molecule has 0 atom stereocenters. The van der Waals surface area contributed by atoms with Gasteiger partial charge in [0, 0.05) is 19.6 Å². The van der Waals surface area contributed by atoms with Crippen molar-refractivity contribution in [2.24, 2.45) is 0 Å². The molecule has 1 aliphatic rings. The number of nitrogens with zero attached hydrogens (tertiary/aromatic N) is 4. The highest BCUT2D eigenvalue weighted by Crippen LogP contribution is 2.28. The van der Waals surface area contributed by atoms with E-state index in [1.165, 1.54) is 12.1 Å². The van der Waals surface area contributed by atoms with Crippen LogP contribution >= 0.6 is 0 Å². The Morgan fingerprint density at radius 2 is 1.68 bits per heavy atom. The quantitative estimate of drug-likeness (QED) is 0.629. The molecule has 31 heavy (non-hydrogen) atoms. The van der Waals surface area contributed by atoms with Gasteiger partial charge in [-0.05, 0) is 63.3 Å². The zero-order chi connectivity index (χ0) is 21.8. The number of hydrogen-bond acceptors (Lipinski definition) is 7. The van der Waals surface area contributed by atoms with Crippen LogP contribution in [0.4, 0.5) is 11.6 Å². The molecule has 0 aliphatic carbocycles. The van der Waals surface area contributed by atoms with Crippen molar-refractivity contribution >= 4 is 32.7 Å². The molecule has 1 aliphatic heterocycles. The highest BCUT2D eigenvalue weighted by molar-refractivity contribution is 7.92. The predicted molar refractivity (Wildman–Crippen MR) is 122 cm³/mol. The lowest BCUT2D eigenvalue weighted by Crippen LogP contribution is -2.31. The molecule has 9 heteroatoms. The van der Waals surface area contributed by atoms with Gasteiger partial charge in [-0.15, -0.1) is 0 Å². The van der Waals surface area contributed by atoms with E-state index in [1.807, 2.05) is 31.2 Å². The van der Waals surface area contributed by atoms with Crippen LogP contribution < -0.4 is 14.4 Å². The number of fused-ring (bicyclic) bond motifs is 1. The first-order valence-corrected chi connectivity index (χ1v) is 11.9. The Kier molecular flexibility index (Phi) is 6.24. The Morgan fingerprint density at radius 1 is 0.968 bits per heavy atom. The van der Waals surface area contributed by atoms with Gasteiger partial charge >= 0.3 is 0 Å². The zero-order valence-electron chi connectivity index (χ0n) is 17.8. The third kappa shape index (κ3) is 4.88. The van der Waals surface area contributed by atoms with Crippen molar-refractivity contribution in [3.63, 3.8) is 0 Å². The monoisotopic (exact) mass is 441 g/mol. The molecule has 8 nitrogen and oxygen atoms in total. The van der Waals surface area contributed by atoms with Crippen LogP contribution in [0.25, 0.3) is 11.0 Å². The first-order chi connectivity index (χ1) is 15.0. The summed E-state index contributed by atoms with van der Waals surface area (Å²) in [5, 5.41) is 0. The molecule has 1 N–H and O–H groups in total. The highest BCUT2D eigenvalue weighted by Gasteiger charge is 2.23. The summed E-state index contributed by atoms with van der Waals surface area (Å²) >= 11 is 0. The standard InChI is InChI=1S/C22H27N5O3S/c1-3-30-17-9-11-18(12-10-17)31(28,29)25-21-22(27-14-6-13-26(2)15-16-27)24-20-8-5-4-7-19(20)23-21/h4-5,7-12H,3,6,13-16H2,1-2H3,(H,23,25). The number of rotatable bonds is 6. The maximum absolute atomic E-state index is 13.1. The second-order valence-corrected chi connectivity index (χ2v) is 9.22. The fraction of sp³-hybridized carbons (Fsp3) is 0.364. The average Bonchev–Trinajstić information content (AvgIpc) is 2.98. The van der Waals surface area contributed by atoms with E-state index in [0.29, 0.717) is 23.7 Å². The number of aromatic nitrogens is 2. The largest absolute Gasteiger partial charge is 0.494 e. The van der Waals surface area contributed by atoms with Gasteiger partial charge in [0.25, 0.3) is 10.0 Å². The van der Waals surface area contributed by atoms with Gasteiger partial charge in [0.2, 0.25) is 0 Å². The third-order valence-electron chi connectivity index (χ3n) is 5.25. The molecule has 2 aromatic carbocycles. The van der Waals surface area contributed by atoms with Crippen molar-refractivity contribution in [3.05, 3.63) is 48.5 Å². The minimum absolute atomic E-state index is 0.146. The van der Waals surface area contributed by atoms with E-state index in [0.717, 1.165) is 38.1 Å². The molecule has 164 valence electrons. The average molecular weight is 442 g/mol. The van der Waals surface area contributed by atoms with Gasteiger partial charge in [-0.3, -0.25) is 4.72 Å². The fourth-order valence-electron chi connectivity index (χ4n) is 3.61. The van der Waals surface area contributed by atoms with Crippen molar-refractivity contribution in [2.75, 3.05) is 49.5 Å². The molecule has 2 heterocycles. The lowest BCUT2D eigenvalue weighted by atomic mass is 10.3. The van der Waals surface area contributed by atoms with Crippen LogP contribution in [0.15, 0.2) is 53.4 Å². The van der Waals surface area contributed by atoms with Crippen molar-refractivity contribution in [3.8, 4) is 5.75 Å². The Morgan fingerprint density at radius 3 is 2.39 bits per heavy atom. The SMILES string of the molecule is CCOc1ccc(S(=O)(=O)Nc2nc3ccccc3nc2N2CCCN(C)CC2)cc1. The van der Waals surface area contributed by atoms with E-state index >= 15 is 0 Å². The van der Waals surface area contributed by atoms with Gasteiger partial charge in [-0.2, -0.15) is 0 Å².